The van der Waals surface area contributed by atoms with E-state index in [-0.39, 0.29) is 5.96 Å². The van der Waals surface area contributed by atoms with Crippen LogP contribution in [0.5, 0.6) is 0 Å². The summed E-state index contributed by atoms with van der Waals surface area (Å²) in [6, 6.07) is 8.17. The van der Waals surface area contributed by atoms with E-state index in [4.69, 9.17) is 11.5 Å². The molecule has 0 atom stereocenters. The second-order valence-corrected chi connectivity index (χ2v) is 3.98. The smallest absolute Gasteiger partial charge is 0.211 e. The first-order chi connectivity index (χ1) is 8.65. The molecule has 0 radical (unpaired) electrons. The Morgan fingerprint density at radius 1 is 1.28 bits per heavy atom. The molecular weight excluding hydrogens is 226 g/mol. The second kappa shape index (κ2) is 7.45. The van der Waals surface area contributed by atoms with Gasteiger partial charge in [0, 0.05) is 6.54 Å². The van der Waals surface area contributed by atoms with E-state index in [0.29, 0.717) is 0 Å². The molecule has 0 saturated carbocycles. The van der Waals surface area contributed by atoms with Crippen LogP contribution in [0.4, 0.5) is 0 Å². The molecule has 0 bridgehead atoms. The van der Waals surface area contributed by atoms with Gasteiger partial charge < -0.3 is 11.5 Å². The fourth-order valence-electron chi connectivity index (χ4n) is 1.64. The molecule has 1 aromatic rings. The Hall–Kier alpha value is -1.88. The van der Waals surface area contributed by atoms with Gasteiger partial charge in [0.2, 0.25) is 5.96 Å². The largest absolute Gasteiger partial charge is 0.369 e. The van der Waals surface area contributed by atoms with Crippen molar-refractivity contribution in [2.24, 2.45) is 21.7 Å². The Kier molecular flexibility index (Phi) is 5.87. The van der Waals surface area contributed by atoms with E-state index >= 15 is 0 Å². The number of benzene rings is 1. The minimum atomic E-state index is -0.0365. The van der Waals surface area contributed by atoms with Gasteiger partial charge in [-0.15, -0.1) is 5.10 Å². The van der Waals surface area contributed by atoms with Crippen LogP contribution in [0.15, 0.2) is 34.5 Å². The minimum absolute atomic E-state index is 0.0365. The lowest BCUT2D eigenvalue weighted by Gasteiger charge is -2.17. The quantitative estimate of drug-likeness (QED) is 0.449. The summed E-state index contributed by atoms with van der Waals surface area (Å²) in [5, 5.41) is 7.38. The summed E-state index contributed by atoms with van der Waals surface area (Å²) < 4.78 is 0. The third-order valence-electron chi connectivity index (χ3n) is 2.63. The maximum atomic E-state index is 5.20. The van der Waals surface area contributed by atoms with Crippen LogP contribution in [-0.2, 0) is 6.54 Å². The first-order valence-electron chi connectivity index (χ1n) is 6.09. The normalized spacial score (nSPS) is 11.1. The van der Waals surface area contributed by atoms with Crippen molar-refractivity contribution in [1.82, 2.24) is 4.90 Å². The summed E-state index contributed by atoms with van der Waals surface area (Å²) in [6.45, 7) is 7.35. The molecule has 0 aliphatic rings. The SMILES string of the molecule is CCN(CC)Cc1cccc(C=NN=C(N)N)c1. The van der Waals surface area contributed by atoms with Crippen LogP contribution < -0.4 is 11.5 Å². The van der Waals surface area contributed by atoms with E-state index < -0.39 is 0 Å². The molecule has 1 rings (SSSR count). The molecule has 0 spiro atoms. The predicted molar refractivity (Wildman–Crippen MR) is 76.5 cm³/mol. The molecule has 18 heavy (non-hydrogen) atoms. The van der Waals surface area contributed by atoms with Crippen LogP contribution in [0.25, 0.3) is 0 Å². The lowest BCUT2D eigenvalue weighted by atomic mass is 10.1. The molecule has 0 aromatic heterocycles. The maximum absolute atomic E-state index is 5.20. The lowest BCUT2D eigenvalue weighted by molar-refractivity contribution is 0.296. The molecule has 0 heterocycles. The molecule has 0 aliphatic heterocycles. The monoisotopic (exact) mass is 247 g/mol. The van der Waals surface area contributed by atoms with Gasteiger partial charge in [0.05, 0.1) is 6.21 Å². The highest BCUT2D eigenvalue weighted by molar-refractivity contribution is 5.81. The van der Waals surface area contributed by atoms with Gasteiger partial charge in [-0.2, -0.15) is 5.10 Å². The summed E-state index contributed by atoms with van der Waals surface area (Å²) in [7, 11) is 0. The Bertz CT molecular complexity index is 417. The van der Waals surface area contributed by atoms with Crippen molar-refractivity contribution in [2.45, 2.75) is 20.4 Å². The van der Waals surface area contributed by atoms with Gasteiger partial charge in [0.1, 0.15) is 0 Å². The molecule has 1 aromatic carbocycles. The van der Waals surface area contributed by atoms with Gasteiger partial charge in [-0.3, -0.25) is 4.90 Å². The van der Waals surface area contributed by atoms with E-state index in [2.05, 4.69) is 41.1 Å². The van der Waals surface area contributed by atoms with Crippen molar-refractivity contribution in [2.75, 3.05) is 13.1 Å². The van der Waals surface area contributed by atoms with Crippen LogP contribution in [-0.4, -0.2) is 30.2 Å². The molecule has 0 aliphatic carbocycles. The van der Waals surface area contributed by atoms with Gasteiger partial charge in [-0.1, -0.05) is 32.0 Å². The Labute approximate surface area is 108 Å². The third-order valence-corrected chi connectivity index (χ3v) is 2.63. The van der Waals surface area contributed by atoms with Crippen LogP contribution in [0.3, 0.4) is 0 Å². The summed E-state index contributed by atoms with van der Waals surface area (Å²) in [5.41, 5.74) is 12.6. The number of guanidine groups is 1. The zero-order valence-corrected chi connectivity index (χ0v) is 11.0. The van der Waals surface area contributed by atoms with Gasteiger partial charge in [0.15, 0.2) is 0 Å². The van der Waals surface area contributed by atoms with E-state index in [0.717, 1.165) is 25.2 Å². The van der Waals surface area contributed by atoms with Gasteiger partial charge >= 0.3 is 0 Å². The van der Waals surface area contributed by atoms with Crippen LogP contribution in [0.1, 0.15) is 25.0 Å². The molecule has 5 heteroatoms. The van der Waals surface area contributed by atoms with E-state index in [1.807, 2.05) is 12.1 Å². The van der Waals surface area contributed by atoms with Crippen molar-refractivity contribution < 1.29 is 0 Å². The van der Waals surface area contributed by atoms with E-state index in [1.54, 1.807) is 6.21 Å². The maximum Gasteiger partial charge on any atom is 0.211 e. The average molecular weight is 247 g/mol. The molecule has 0 saturated heterocycles. The van der Waals surface area contributed by atoms with Crippen molar-refractivity contribution in [3.63, 3.8) is 0 Å². The van der Waals surface area contributed by atoms with Gasteiger partial charge in [-0.25, -0.2) is 0 Å². The van der Waals surface area contributed by atoms with Crippen molar-refractivity contribution in [3.05, 3.63) is 35.4 Å². The molecule has 0 unspecified atom stereocenters. The molecule has 98 valence electrons. The van der Waals surface area contributed by atoms with E-state index in [9.17, 15) is 0 Å². The Morgan fingerprint density at radius 2 is 2.00 bits per heavy atom. The molecular formula is C13H21N5. The number of rotatable bonds is 6. The number of hydrogen-bond acceptors (Lipinski definition) is 3. The second-order valence-electron chi connectivity index (χ2n) is 3.98. The summed E-state index contributed by atoms with van der Waals surface area (Å²) in [5.74, 6) is -0.0365. The summed E-state index contributed by atoms with van der Waals surface area (Å²) >= 11 is 0. The molecule has 0 fully saturated rings. The van der Waals surface area contributed by atoms with Crippen molar-refractivity contribution in [1.29, 1.82) is 0 Å². The van der Waals surface area contributed by atoms with Crippen molar-refractivity contribution in [3.8, 4) is 0 Å². The fourth-order valence-corrected chi connectivity index (χ4v) is 1.64. The molecule has 5 nitrogen and oxygen atoms in total. The topological polar surface area (TPSA) is 80.0 Å². The van der Waals surface area contributed by atoms with Gasteiger partial charge in [-0.05, 0) is 30.3 Å². The standard InChI is InChI=1S/C13H21N5/c1-3-18(4-2)10-12-7-5-6-11(8-12)9-16-17-13(14)15/h5-9H,3-4,10H2,1-2H3,(H4,14,15,17). The highest BCUT2D eigenvalue weighted by Gasteiger charge is 2.01. The van der Waals surface area contributed by atoms with Crippen molar-refractivity contribution >= 4 is 12.2 Å². The number of nitrogens with two attached hydrogens (primary N) is 2. The summed E-state index contributed by atoms with van der Waals surface area (Å²) in [4.78, 5) is 2.35. The van der Waals surface area contributed by atoms with E-state index in [1.165, 1.54) is 5.56 Å². The average Bonchev–Trinajstić information content (AvgIpc) is 2.36. The highest BCUT2D eigenvalue weighted by atomic mass is 15.3. The number of nitrogens with zero attached hydrogens (tertiary/aromatic N) is 3. The van der Waals surface area contributed by atoms with Crippen LogP contribution in [0.2, 0.25) is 0 Å². The first kappa shape index (κ1) is 14.2. The third kappa shape index (κ3) is 4.97. The Balaban J connectivity index is 2.73. The predicted octanol–water partition coefficient (Wildman–Crippen LogP) is 1.14. The van der Waals surface area contributed by atoms with Crippen LogP contribution in [0, 0.1) is 0 Å². The lowest BCUT2D eigenvalue weighted by Crippen LogP contribution is -2.22. The summed E-state index contributed by atoms with van der Waals surface area (Å²) in [6.07, 6.45) is 1.64. The highest BCUT2D eigenvalue weighted by Crippen LogP contribution is 2.07. The Morgan fingerprint density at radius 3 is 2.61 bits per heavy atom. The van der Waals surface area contributed by atoms with Crippen LogP contribution >= 0.6 is 0 Å². The van der Waals surface area contributed by atoms with Gasteiger partial charge in [0.25, 0.3) is 0 Å². The minimum Gasteiger partial charge on any atom is -0.369 e. The fraction of sp³-hybridized carbons (Fsp3) is 0.385. The first-order valence-corrected chi connectivity index (χ1v) is 6.09. The molecule has 4 N–H and O–H groups in total. The number of hydrogen-bond donors (Lipinski definition) is 2. The zero-order chi connectivity index (χ0) is 13.4. The zero-order valence-electron chi connectivity index (χ0n) is 11.0. The molecule has 0 amide bonds.